The van der Waals surface area contributed by atoms with Gasteiger partial charge in [0.15, 0.2) is 0 Å². The standard InChI is InChI=1S/C21H26N2O5S/c1-27-18-8-10-19(11-9-18)29(25,26)23-15-17(14-20(23)21(24)28-2)22-13-12-16-6-4-3-5-7-16/h3-11,17,20,22H,12-15H2,1-2H3/t17-,20+/m0/s1. The first-order valence-electron chi connectivity index (χ1n) is 9.46. The number of hydrogen-bond acceptors (Lipinski definition) is 6. The van der Waals surface area contributed by atoms with Crippen molar-refractivity contribution < 1.29 is 22.7 Å². The highest BCUT2D eigenvalue weighted by Crippen LogP contribution is 2.28. The number of nitrogens with zero attached hydrogens (tertiary/aromatic N) is 1. The molecule has 3 rings (SSSR count). The number of hydrogen-bond donors (Lipinski definition) is 1. The predicted octanol–water partition coefficient (Wildman–Crippen LogP) is 1.83. The number of methoxy groups -OCH3 is 2. The van der Waals surface area contributed by atoms with Gasteiger partial charge >= 0.3 is 5.97 Å². The van der Waals surface area contributed by atoms with Gasteiger partial charge in [-0.1, -0.05) is 30.3 Å². The van der Waals surface area contributed by atoms with Gasteiger partial charge in [0.25, 0.3) is 0 Å². The summed E-state index contributed by atoms with van der Waals surface area (Å²) in [6.45, 7) is 0.905. The van der Waals surface area contributed by atoms with Gasteiger partial charge in [0.05, 0.1) is 19.1 Å². The molecular formula is C21H26N2O5S. The molecule has 1 fully saturated rings. The first-order chi connectivity index (χ1) is 14.0. The maximum absolute atomic E-state index is 13.2. The minimum atomic E-state index is -3.84. The summed E-state index contributed by atoms with van der Waals surface area (Å²) < 4.78 is 37.5. The average molecular weight is 419 g/mol. The SMILES string of the molecule is COC(=O)[C@H]1C[C@H](NCCc2ccccc2)CN1S(=O)(=O)c1ccc(OC)cc1. The smallest absolute Gasteiger partial charge is 0.324 e. The molecule has 1 saturated heterocycles. The van der Waals surface area contributed by atoms with Crippen LogP contribution < -0.4 is 10.1 Å². The summed E-state index contributed by atoms with van der Waals surface area (Å²) >= 11 is 0. The Morgan fingerprint density at radius 2 is 1.79 bits per heavy atom. The molecule has 0 amide bonds. The zero-order chi connectivity index (χ0) is 20.9. The summed E-state index contributed by atoms with van der Waals surface area (Å²) in [6, 6.07) is 15.2. The second kappa shape index (κ2) is 9.39. The number of esters is 1. The van der Waals surface area contributed by atoms with E-state index in [0.29, 0.717) is 18.7 Å². The number of carbonyl (C=O) groups is 1. The Hall–Kier alpha value is -2.42. The lowest BCUT2D eigenvalue weighted by Gasteiger charge is -2.22. The van der Waals surface area contributed by atoms with Crippen molar-refractivity contribution in [3.8, 4) is 5.75 Å². The van der Waals surface area contributed by atoms with E-state index in [1.807, 2.05) is 30.3 Å². The first kappa shape index (κ1) is 21.3. The Kier molecular flexibility index (Phi) is 6.89. The number of rotatable bonds is 8. The lowest BCUT2D eigenvalue weighted by molar-refractivity contribution is -0.144. The molecule has 156 valence electrons. The van der Waals surface area contributed by atoms with Crippen LogP contribution in [0.25, 0.3) is 0 Å². The molecule has 0 radical (unpaired) electrons. The highest BCUT2D eigenvalue weighted by Gasteiger charge is 2.44. The molecule has 0 bridgehead atoms. The van der Waals surface area contributed by atoms with Crippen LogP contribution in [-0.2, 0) is 26.0 Å². The Bertz CT molecular complexity index is 916. The normalized spacial score (nSPS) is 19.8. The lowest BCUT2D eigenvalue weighted by Crippen LogP contribution is -2.41. The molecule has 0 spiro atoms. The van der Waals surface area contributed by atoms with Crippen LogP contribution in [0.5, 0.6) is 5.75 Å². The van der Waals surface area contributed by atoms with Gasteiger partial charge in [-0.3, -0.25) is 4.79 Å². The quantitative estimate of drug-likeness (QED) is 0.659. The van der Waals surface area contributed by atoms with E-state index in [1.54, 1.807) is 12.1 Å². The minimum absolute atomic E-state index is 0.122. The molecule has 7 nitrogen and oxygen atoms in total. The van der Waals surface area contributed by atoms with Gasteiger partial charge in [0.2, 0.25) is 10.0 Å². The van der Waals surface area contributed by atoms with Crippen molar-refractivity contribution in [1.82, 2.24) is 9.62 Å². The van der Waals surface area contributed by atoms with E-state index in [4.69, 9.17) is 9.47 Å². The zero-order valence-corrected chi connectivity index (χ0v) is 17.4. The van der Waals surface area contributed by atoms with Gasteiger partial charge < -0.3 is 14.8 Å². The second-order valence-corrected chi connectivity index (χ2v) is 8.80. The van der Waals surface area contributed by atoms with Crippen molar-refractivity contribution in [3.05, 3.63) is 60.2 Å². The van der Waals surface area contributed by atoms with Gasteiger partial charge in [-0.25, -0.2) is 8.42 Å². The van der Waals surface area contributed by atoms with E-state index in [0.717, 1.165) is 6.42 Å². The molecule has 1 heterocycles. The molecule has 1 aliphatic heterocycles. The molecule has 8 heteroatoms. The lowest BCUT2D eigenvalue weighted by atomic mass is 10.1. The van der Waals surface area contributed by atoms with Crippen molar-refractivity contribution in [2.24, 2.45) is 0 Å². The van der Waals surface area contributed by atoms with Crippen molar-refractivity contribution in [2.75, 3.05) is 27.3 Å². The highest BCUT2D eigenvalue weighted by atomic mass is 32.2. The number of benzene rings is 2. The van der Waals surface area contributed by atoms with E-state index >= 15 is 0 Å². The van der Waals surface area contributed by atoms with Crippen LogP contribution in [0, 0.1) is 0 Å². The molecule has 2 atom stereocenters. The monoisotopic (exact) mass is 418 g/mol. The first-order valence-corrected chi connectivity index (χ1v) is 10.9. The molecule has 2 aromatic carbocycles. The number of ether oxygens (including phenoxy) is 2. The van der Waals surface area contributed by atoms with Crippen LogP contribution in [-0.4, -0.2) is 58.1 Å². The summed E-state index contributed by atoms with van der Waals surface area (Å²) in [5.74, 6) is 0.0183. The van der Waals surface area contributed by atoms with Crippen molar-refractivity contribution >= 4 is 16.0 Å². The van der Waals surface area contributed by atoms with Crippen molar-refractivity contribution in [1.29, 1.82) is 0 Å². The third-order valence-corrected chi connectivity index (χ3v) is 6.97. The summed E-state index contributed by atoms with van der Waals surface area (Å²) in [5, 5.41) is 3.38. The number of sulfonamides is 1. The molecule has 0 unspecified atom stereocenters. The molecule has 29 heavy (non-hydrogen) atoms. The third kappa shape index (κ3) is 4.95. The second-order valence-electron chi connectivity index (χ2n) is 6.91. The fourth-order valence-corrected chi connectivity index (χ4v) is 5.15. The van der Waals surface area contributed by atoms with E-state index in [-0.39, 0.29) is 17.5 Å². The van der Waals surface area contributed by atoms with E-state index in [2.05, 4.69) is 5.32 Å². The molecule has 1 N–H and O–H groups in total. The largest absolute Gasteiger partial charge is 0.497 e. The molecule has 2 aromatic rings. The topological polar surface area (TPSA) is 84.9 Å². The fourth-order valence-electron chi connectivity index (χ4n) is 3.52. The van der Waals surface area contributed by atoms with Crippen LogP contribution in [0.3, 0.4) is 0 Å². The molecule has 1 aliphatic rings. The van der Waals surface area contributed by atoms with Crippen molar-refractivity contribution in [2.45, 2.75) is 29.8 Å². The Morgan fingerprint density at radius 3 is 2.41 bits per heavy atom. The fraction of sp³-hybridized carbons (Fsp3) is 0.381. The molecular weight excluding hydrogens is 392 g/mol. The third-order valence-electron chi connectivity index (χ3n) is 5.08. The summed E-state index contributed by atoms with van der Waals surface area (Å²) in [4.78, 5) is 12.4. The maximum Gasteiger partial charge on any atom is 0.324 e. The van der Waals surface area contributed by atoms with Crippen LogP contribution in [0.1, 0.15) is 12.0 Å². The molecule has 0 aromatic heterocycles. The Morgan fingerprint density at radius 1 is 1.10 bits per heavy atom. The van der Waals surface area contributed by atoms with Crippen LogP contribution in [0.4, 0.5) is 0 Å². The van der Waals surface area contributed by atoms with Gasteiger partial charge in [0.1, 0.15) is 11.8 Å². The van der Waals surface area contributed by atoms with Crippen molar-refractivity contribution in [3.63, 3.8) is 0 Å². The van der Waals surface area contributed by atoms with E-state index in [9.17, 15) is 13.2 Å². The Balaban J connectivity index is 1.72. The van der Waals surface area contributed by atoms with Crippen LogP contribution >= 0.6 is 0 Å². The molecule has 0 aliphatic carbocycles. The summed E-state index contributed by atoms with van der Waals surface area (Å²) in [5.41, 5.74) is 1.20. The predicted molar refractivity (Wildman–Crippen MR) is 109 cm³/mol. The van der Waals surface area contributed by atoms with Crippen LogP contribution in [0.15, 0.2) is 59.5 Å². The van der Waals surface area contributed by atoms with Gasteiger partial charge in [-0.05, 0) is 49.2 Å². The van der Waals surface area contributed by atoms with Gasteiger partial charge in [0, 0.05) is 12.6 Å². The number of nitrogens with one attached hydrogen (secondary N) is 1. The number of carbonyl (C=O) groups excluding carboxylic acids is 1. The zero-order valence-electron chi connectivity index (χ0n) is 16.6. The van der Waals surface area contributed by atoms with E-state index < -0.39 is 22.0 Å². The minimum Gasteiger partial charge on any atom is -0.497 e. The average Bonchev–Trinajstić information content (AvgIpc) is 3.19. The van der Waals surface area contributed by atoms with Gasteiger partial charge in [-0.2, -0.15) is 4.31 Å². The summed E-state index contributed by atoms with van der Waals surface area (Å²) in [7, 11) is -1.05. The molecule has 0 saturated carbocycles. The Labute approximate surface area is 171 Å². The summed E-state index contributed by atoms with van der Waals surface area (Å²) in [6.07, 6.45) is 1.20. The maximum atomic E-state index is 13.2. The van der Waals surface area contributed by atoms with E-state index in [1.165, 1.54) is 36.2 Å². The van der Waals surface area contributed by atoms with Crippen LogP contribution in [0.2, 0.25) is 0 Å². The highest BCUT2D eigenvalue weighted by molar-refractivity contribution is 7.89. The van der Waals surface area contributed by atoms with Gasteiger partial charge in [-0.15, -0.1) is 0 Å².